The van der Waals surface area contributed by atoms with Crippen LogP contribution in [0.25, 0.3) is 0 Å². The first-order chi connectivity index (χ1) is 11.1. The van der Waals surface area contributed by atoms with Gasteiger partial charge in [0.2, 0.25) is 5.88 Å². The van der Waals surface area contributed by atoms with Crippen LogP contribution in [-0.4, -0.2) is 35.4 Å². The number of aromatic nitrogens is 1. The van der Waals surface area contributed by atoms with Crippen molar-refractivity contribution in [1.82, 2.24) is 9.27 Å². The Balaban J connectivity index is 2.05. The van der Waals surface area contributed by atoms with Crippen LogP contribution in [0, 0.1) is 5.82 Å². The summed E-state index contributed by atoms with van der Waals surface area (Å²) < 4.78 is 28.5. The second-order valence-electron chi connectivity index (χ2n) is 4.99. The van der Waals surface area contributed by atoms with Crippen LogP contribution in [0.15, 0.2) is 29.6 Å². The molecule has 0 radical (unpaired) electrons. The molecule has 7 heteroatoms. The Morgan fingerprint density at radius 3 is 2.83 bits per heavy atom. The average Bonchev–Trinajstić information content (AvgIpc) is 3.00. The number of para-hydroxylation sites is 1. The van der Waals surface area contributed by atoms with Crippen LogP contribution in [-0.2, 0) is 11.3 Å². The number of hydrogen-bond acceptors (Lipinski definition) is 5. The smallest absolute Gasteiger partial charge is 0.263 e. The van der Waals surface area contributed by atoms with E-state index in [1.54, 1.807) is 19.2 Å². The van der Waals surface area contributed by atoms with Gasteiger partial charge >= 0.3 is 0 Å². The zero-order valence-corrected chi connectivity index (χ0v) is 14.1. The number of nitrogens with zero attached hydrogens (tertiary/aromatic N) is 2. The molecule has 2 aromatic rings. The van der Waals surface area contributed by atoms with Crippen molar-refractivity contribution in [3.63, 3.8) is 0 Å². The van der Waals surface area contributed by atoms with Crippen LogP contribution < -0.4 is 9.47 Å². The molecule has 1 heterocycles. The molecule has 0 aliphatic rings. The number of hydrogen-bond donors (Lipinski definition) is 0. The number of carbonyl (C=O) groups excluding carboxylic acids is 1. The first kappa shape index (κ1) is 17.2. The number of benzene rings is 1. The summed E-state index contributed by atoms with van der Waals surface area (Å²) in [5.41, 5.74) is 0.828. The molecule has 1 unspecified atom stereocenters. The lowest BCUT2D eigenvalue weighted by atomic mass is 10.2. The highest BCUT2D eigenvalue weighted by Crippen LogP contribution is 2.22. The Labute approximate surface area is 138 Å². The second kappa shape index (κ2) is 7.92. The number of ether oxygens (including phenoxy) is 2. The zero-order valence-electron chi connectivity index (χ0n) is 13.3. The molecule has 1 aromatic heterocycles. The number of amides is 1. The molecule has 0 fully saturated rings. The lowest BCUT2D eigenvalue weighted by molar-refractivity contribution is -0.138. The summed E-state index contributed by atoms with van der Waals surface area (Å²) in [7, 11) is 3.21. The average molecular weight is 338 g/mol. The minimum Gasteiger partial charge on any atom is -0.480 e. The van der Waals surface area contributed by atoms with Crippen molar-refractivity contribution in [3.8, 4) is 11.6 Å². The Hall–Kier alpha value is -2.15. The molecule has 2 rings (SSSR count). The van der Waals surface area contributed by atoms with Gasteiger partial charge in [-0.2, -0.15) is 4.37 Å². The molecule has 0 bridgehead atoms. The third-order valence-corrected chi connectivity index (χ3v) is 4.00. The van der Waals surface area contributed by atoms with E-state index in [4.69, 9.17) is 9.47 Å². The summed E-state index contributed by atoms with van der Waals surface area (Å²) in [6.45, 7) is 2.18. The lowest BCUT2D eigenvalue weighted by Gasteiger charge is -2.23. The summed E-state index contributed by atoms with van der Waals surface area (Å²) in [5.74, 6) is -0.109. The van der Waals surface area contributed by atoms with Crippen molar-refractivity contribution in [2.45, 2.75) is 26.0 Å². The van der Waals surface area contributed by atoms with E-state index in [0.29, 0.717) is 18.8 Å². The van der Waals surface area contributed by atoms with Crippen LogP contribution in [0.3, 0.4) is 0 Å². The number of likely N-dealkylation sites (N-methyl/N-ethyl adjacent to an activating group) is 1. The number of halogens is 1. The topological polar surface area (TPSA) is 51.7 Å². The van der Waals surface area contributed by atoms with E-state index >= 15 is 0 Å². The molecule has 1 aromatic carbocycles. The van der Waals surface area contributed by atoms with Crippen molar-refractivity contribution in [1.29, 1.82) is 0 Å². The van der Waals surface area contributed by atoms with Crippen LogP contribution in [0.1, 0.15) is 18.9 Å². The molecule has 0 aliphatic heterocycles. The van der Waals surface area contributed by atoms with Gasteiger partial charge in [-0.25, -0.2) is 4.39 Å². The quantitative estimate of drug-likeness (QED) is 0.778. The maximum atomic E-state index is 13.7. The molecule has 0 saturated carbocycles. The van der Waals surface area contributed by atoms with Crippen LogP contribution >= 0.6 is 11.5 Å². The summed E-state index contributed by atoms with van der Waals surface area (Å²) in [6.07, 6.45) is -0.300. The van der Waals surface area contributed by atoms with E-state index < -0.39 is 11.9 Å². The summed E-state index contributed by atoms with van der Waals surface area (Å²) in [6, 6.07) is 6.06. The zero-order chi connectivity index (χ0) is 16.8. The molecule has 1 amide bonds. The second-order valence-corrected chi connectivity index (χ2v) is 5.62. The van der Waals surface area contributed by atoms with Gasteiger partial charge in [0.1, 0.15) is 0 Å². The molecule has 124 valence electrons. The fourth-order valence-corrected chi connectivity index (χ4v) is 2.74. The molecule has 0 saturated heterocycles. The van der Waals surface area contributed by atoms with E-state index in [2.05, 4.69) is 4.37 Å². The first-order valence-electron chi connectivity index (χ1n) is 7.20. The molecule has 0 aliphatic carbocycles. The minimum atomic E-state index is -0.741. The van der Waals surface area contributed by atoms with Gasteiger partial charge in [0.25, 0.3) is 5.91 Å². The fraction of sp³-hybridized carbons (Fsp3) is 0.375. The Morgan fingerprint density at radius 1 is 1.43 bits per heavy atom. The minimum absolute atomic E-state index is 0.0795. The third-order valence-electron chi connectivity index (χ3n) is 3.33. The normalized spacial score (nSPS) is 11.8. The van der Waals surface area contributed by atoms with Crippen molar-refractivity contribution in [2.75, 3.05) is 14.2 Å². The molecular weight excluding hydrogens is 319 g/mol. The van der Waals surface area contributed by atoms with Crippen LogP contribution in [0.2, 0.25) is 0 Å². The number of methoxy groups -OCH3 is 1. The Bertz CT molecular complexity index is 662. The fourth-order valence-electron chi connectivity index (χ4n) is 2.10. The van der Waals surface area contributed by atoms with Gasteiger partial charge in [0.05, 0.1) is 13.7 Å². The van der Waals surface area contributed by atoms with E-state index in [1.165, 1.54) is 35.7 Å². The lowest BCUT2D eigenvalue weighted by Crippen LogP contribution is -2.39. The van der Waals surface area contributed by atoms with Gasteiger partial charge in [0.15, 0.2) is 17.7 Å². The summed E-state index contributed by atoms with van der Waals surface area (Å²) >= 11 is 1.27. The molecule has 23 heavy (non-hydrogen) atoms. The maximum Gasteiger partial charge on any atom is 0.263 e. The van der Waals surface area contributed by atoms with E-state index in [9.17, 15) is 9.18 Å². The van der Waals surface area contributed by atoms with E-state index in [-0.39, 0.29) is 11.7 Å². The first-order valence-corrected chi connectivity index (χ1v) is 8.03. The van der Waals surface area contributed by atoms with E-state index in [1.807, 2.05) is 12.3 Å². The predicted octanol–water partition coefficient (Wildman–Crippen LogP) is 3.11. The van der Waals surface area contributed by atoms with Gasteiger partial charge in [-0.3, -0.25) is 4.79 Å². The van der Waals surface area contributed by atoms with Gasteiger partial charge in [-0.1, -0.05) is 19.1 Å². The molecule has 0 N–H and O–H groups in total. The Morgan fingerprint density at radius 2 is 2.17 bits per heavy atom. The predicted molar refractivity (Wildman–Crippen MR) is 86.2 cm³/mol. The van der Waals surface area contributed by atoms with E-state index in [0.717, 1.165) is 5.56 Å². The van der Waals surface area contributed by atoms with Crippen LogP contribution in [0.4, 0.5) is 4.39 Å². The summed E-state index contributed by atoms with van der Waals surface area (Å²) in [5, 5.41) is 1.83. The van der Waals surface area contributed by atoms with Crippen LogP contribution in [0.5, 0.6) is 11.6 Å². The number of carbonyl (C=O) groups is 1. The number of rotatable bonds is 7. The monoisotopic (exact) mass is 338 g/mol. The van der Waals surface area contributed by atoms with Crippen molar-refractivity contribution in [2.24, 2.45) is 0 Å². The summed E-state index contributed by atoms with van der Waals surface area (Å²) in [4.78, 5) is 14.1. The third kappa shape index (κ3) is 4.19. The molecular formula is C16H19FN2O3S. The largest absolute Gasteiger partial charge is 0.480 e. The molecule has 5 nitrogen and oxygen atoms in total. The van der Waals surface area contributed by atoms with Crippen molar-refractivity contribution < 1.29 is 18.7 Å². The highest BCUT2D eigenvalue weighted by atomic mass is 32.1. The standard InChI is InChI=1S/C16H19FN2O3S/c1-4-13(22-14-8-6-5-7-12(14)17)16(20)19(2)9-11-10-23-18-15(11)21-3/h5-8,10,13H,4,9H2,1-3H3. The highest BCUT2D eigenvalue weighted by Gasteiger charge is 2.24. The van der Waals surface area contributed by atoms with Crippen molar-refractivity contribution in [3.05, 3.63) is 41.0 Å². The SMILES string of the molecule is CCC(Oc1ccccc1F)C(=O)N(C)Cc1csnc1OC. The van der Waals surface area contributed by atoms with Gasteiger partial charge in [-0.05, 0) is 30.1 Å². The molecule has 1 atom stereocenters. The van der Waals surface area contributed by atoms with Crippen molar-refractivity contribution >= 4 is 17.4 Å². The molecule has 0 spiro atoms. The maximum absolute atomic E-state index is 13.7. The highest BCUT2D eigenvalue weighted by molar-refractivity contribution is 7.03. The Kier molecular flexibility index (Phi) is 5.92. The van der Waals surface area contributed by atoms with Gasteiger partial charge in [-0.15, -0.1) is 0 Å². The van der Waals surface area contributed by atoms with Gasteiger partial charge in [0, 0.05) is 18.0 Å². The van der Waals surface area contributed by atoms with Gasteiger partial charge < -0.3 is 14.4 Å².